The number of rotatable bonds is 12. The number of hydrogen-bond donors (Lipinski definition) is 1. The Morgan fingerprint density at radius 1 is 1.02 bits per heavy atom. The SMILES string of the molecule is Cn1nc(C(=O)OCCCC2OCCO2)cc1COc1cccc([C@@H](NC(=O)OC2CN3CCC2CC3)c2ccccc2)c1. The summed E-state index contributed by atoms with van der Waals surface area (Å²) in [6.07, 6.45) is 2.76. The summed E-state index contributed by atoms with van der Waals surface area (Å²) in [5.41, 5.74) is 2.74. The molecule has 0 radical (unpaired) electrons. The van der Waals surface area contributed by atoms with Crippen molar-refractivity contribution in [1.29, 1.82) is 0 Å². The number of benzene rings is 2. The van der Waals surface area contributed by atoms with E-state index in [0.717, 1.165) is 43.6 Å². The summed E-state index contributed by atoms with van der Waals surface area (Å²) in [5, 5.41) is 7.41. The van der Waals surface area contributed by atoms with Crippen LogP contribution in [0.1, 0.15) is 59.0 Å². The van der Waals surface area contributed by atoms with Crippen molar-refractivity contribution in [3.8, 4) is 5.75 Å². The van der Waals surface area contributed by atoms with Gasteiger partial charge in [0.1, 0.15) is 18.5 Å². The third-order valence-electron chi connectivity index (χ3n) is 8.52. The molecule has 11 heteroatoms. The van der Waals surface area contributed by atoms with E-state index < -0.39 is 18.1 Å². The monoisotopic (exact) mass is 604 g/mol. The van der Waals surface area contributed by atoms with Crippen molar-refractivity contribution in [1.82, 2.24) is 20.0 Å². The van der Waals surface area contributed by atoms with Crippen LogP contribution in [-0.2, 0) is 32.6 Å². The Labute approximate surface area is 257 Å². The lowest BCUT2D eigenvalue weighted by atomic mass is 9.86. The highest BCUT2D eigenvalue weighted by Crippen LogP contribution is 2.31. The molecule has 1 N–H and O–H groups in total. The first-order valence-corrected chi connectivity index (χ1v) is 15.4. The Morgan fingerprint density at radius 2 is 1.80 bits per heavy atom. The van der Waals surface area contributed by atoms with Crippen LogP contribution in [0.25, 0.3) is 0 Å². The van der Waals surface area contributed by atoms with Crippen LogP contribution in [0.2, 0.25) is 0 Å². The molecular formula is C33H40N4O7. The highest BCUT2D eigenvalue weighted by Gasteiger charge is 2.37. The van der Waals surface area contributed by atoms with Gasteiger partial charge >= 0.3 is 12.1 Å². The molecular weight excluding hydrogens is 564 g/mol. The molecule has 0 saturated carbocycles. The van der Waals surface area contributed by atoms with Gasteiger partial charge in [-0.1, -0.05) is 42.5 Å². The number of esters is 1. The number of carbonyl (C=O) groups excluding carboxylic acids is 2. The molecule has 4 aliphatic rings. The smallest absolute Gasteiger partial charge is 0.408 e. The summed E-state index contributed by atoms with van der Waals surface area (Å²) in [5.74, 6) is 0.570. The average Bonchev–Trinajstić information content (AvgIpc) is 3.71. The van der Waals surface area contributed by atoms with Crippen LogP contribution in [0.3, 0.4) is 0 Å². The van der Waals surface area contributed by atoms with Gasteiger partial charge in [0.05, 0.1) is 31.6 Å². The molecule has 0 spiro atoms. The Bertz CT molecular complexity index is 1400. The summed E-state index contributed by atoms with van der Waals surface area (Å²) in [4.78, 5) is 28.0. The van der Waals surface area contributed by atoms with Crippen LogP contribution in [-0.4, -0.2) is 78.6 Å². The van der Waals surface area contributed by atoms with E-state index in [-0.39, 0.29) is 31.3 Å². The predicted molar refractivity (Wildman–Crippen MR) is 160 cm³/mol. The quantitative estimate of drug-likeness (QED) is 0.240. The number of alkyl carbamates (subject to hydrolysis) is 1. The van der Waals surface area contributed by atoms with E-state index in [2.05, 4.69) is 15.3 Å². The molecule has 2 bridgehead atoms. The number of fused-ring (bicyclic) bond motifs is 3. The number of aromatic nitrogens is 2. The van der Waals surface area contributed by atoms with Crippen molar-refractivity contribution in [2.24, 2.45) is 13.0 Å². The van der Waals surface area contributed by atoms with Crippen LogP contribution in [0.15, 0.2) is 60.7 Å². The first-order chi connectivity index (χ1) is 21.5. The number of nitrogens with zero attached hydrogens (tertiary/aromatic N) is 3. The van der Waals surface area contributed by atoms with E-state index in [0.29, 0.717) is 43.4 Å². The van der Waals surface area contributed by atoms with Crippen molar-refractivity contribution >= 4 is 12.1 Å². The molecule has 2 atom stereocenters. The number of aryl methyl sites for hydroxylation is 1. The second kappa shape index (κ2) is 14.2. The van der Waals surface area contributed by atoms with Gasteiger partial charge in [0.25, 0.3) is 0 Å². The molecule has 234 valence electrons. The third-order valence-corrected chi connectivity index (χ3v) is 8.52. The minimum absolute atomic E-state index is 0.0780. The van der Waals surface area contributed by atoms with Crippen molar-refractivity contribution in [3.63, 3.8) is 0 Å². The van der Waals surface area contributed by atoms with Crippen LogP contribution >= 0.6 is 0 Å². The first kappa shape index (κ1) is 30.1. The molecule has 3 aromatic rings. The molecule has 4 saturated heterocycles. The lowest BCUT2D eigenvalue weighted by molar-refractivity contribution is -0.0505. The second-order valence-corrected chi connectivity index (χ2v) is 11.5. The van der Waals surface area contributed by atoms with Gasteiger partial charge in [-0.2, -0.15) is 5.10 Å². The van der Waals surface area contributed by atoms with Crippen LogP contribution < -0.4 is 10.1 Å². The Morgan fingerprint density at radius 3 is 2.55 bits per heavy atom. The van der Waals surface area contributed by atoms with Gasteiger partial charge in [-0.15, -0.1) is 0 Å². The molecule has 4 aliphatic heterocycles. The van der Waals surface area contributed by atoms with E-state index in [9.17, 15) is 9.59 Å². The summed E-state index contributed by atoms with van der Waals surface area (Å²) >= 11 is 0. The first-order valence-electron chi connectivity index (χ1n) is 15.4. The summed E-state index contributed by atoms with van der Waals surface area (Å²) in [7, 11) is 1.76. The topological polar surface area (TPSA) is 113 Å². The highest BCUT2D eigenvalue weighted by atomic mass is 16.7. The van der Waals surface area contributed by atoms with E-state index in [1.807, 2.05) is 54.6 Å². The lowest BCUT2D eigenvalue weighted by Crippen LogP contribution is -2.52. The van der Waals surface area contributed by atoms with Gasteiger partial charge in [-0.3, -0.25) is 9.58 Å². The fourth-order valence-electron chi connectivity index (χ4n) is 6.08. The fraction of sp³-hybridized carbons (Fsp3) is 0.485. The van der Waals surface area contributed by atoms with E-state index in [1.54, 1.807) is 17.8 Å². The number of carbonyl (C=O) groups is 2. The lowest BCUT2D eigenvalue weighted by Gasteiger charge is -2.43. The Balaban J connectivity index is 1.06. The summed E-state index contributed by atoms with van der Waals surface area (Å²) in [6, 6.07) is 18.7. The van der Waals surface area contributed by atoms with Crippen LogP contribution in [0, 0.1) is 5.92 Å². The zero-order chi connectivity index (χ0) is 30.3. The van der Waals surface area contributed by atoms with Gasteiger partial charge < -0.3 is 29.0 Å². The number of nitrogens with one attached hydrogen (secondary N) is 1. The molecule has 4 fully saturated rings. The van der Waals surface area contributed by atoms with Gasteiger partial charge in [0.15, 0.2) is 12.0 Å². The Kier molecular flexibility index (Phi) is 9.74. The van der Waals surface area contributed by atoms with Crippen molar-refractivity contribution in [3.05, 3.63) is 83.2 Å². The molecule has 11 nitrogen and oxygen atoms in total. The van der Waals surface area contributed by atoms with E-state index >= 15 is 0 Å². The molecule has 7 rings (SSSR count). The fourth-order valence-corrected chi connectivity index (χ4v) is 6.08. The zero-order valence-electron chi connectivity index (χ0n) is 25.1. The van der Waals surface area contributed by atoms with Gasteiger partial charge in [0, 0.05) is 20.0 Å². The van der Waals surface area contributed by atoms with E-state index in [1.165, 1.54) is 0 Å². The maximum atomic E-state index is 13.1. The molecule has 1 aromatic heterocycles. The predicted octanol–water partition coefficient (Wildman–Crippen LogP) is 4.22. The van der Waals surface area contributed by atoms with Crippen LogP contribution in [0.5, 0.6) is 5.75 Å². The molecule has 0 aliphatic carbocycles. The molecule has 44 heavy (non-hydrogen) atoms. The standard InChI is InChI=1S/C33H40N4O7/c1-36-26(20-28(35-36)32(38)42-16-6-11-30-40-17-18-41-30)22-43-27-10-5-9-25(19-27)31(24-7-3-2-4-8-24)34-33(39)44-29-21-37-14-12-23(29)13-15-37/h2-5,7-10,19-20,23,29-31H,6,11-18,21-22H2,1H3,(H,34,39)/t29?,31-/m0/s1. The highest BCUT2D eigenvalue weighted by molar-refractivity contribution is 5.87. The van der Waals surface area contributed by atoms with Gasteiger partial charge in [-0.05, 0) is 67.6 Å². The largest absolute Gasteiger partial charge is 0.487 e. The Hall–Kier alpha value is -3.93. The summed E-state index contributed by atoms with van der Waals surface area (Å²) in [6.45, 7) is 4.64. The molecule has 2 aromatic carbocycles. The second-order valence-electron chi connectivity index (χ2n) is 11.5. The van der Waals surface area contributed by atoms with Crippen molar-refractivity contribution in [2.75, 3.05) is 39.5 Å². The maximum absolute atomic E-state index is 13.1. The number of ether oxygens (including phenoxy) is 5. The summed E-state index contributed by atoms with van der Waals surface area (Å²) < 4.78 is 29.9. The van der Waals surface area contributed by atoms with Gasteiger partial charge in [0.2, 0.25) is 0 Å². The number of piperidine rings is 3. The van der Waals surface area contributed by atoms with Crippen LogP contribution in [0.4, 0.5) is 4.79 Å². The zero-order valence-corrected chi connectivity index (χ0v) is 25.1. The van der Waals surface area contributed by atoms with Gasteiger partial charge in [-0.25, -0.2) is 9.59 Å². The molecule has 1 unspecified atom stereocenters. The minimum atomic E-state index is -0.482. The molecule has 5 heterocycles. The van der Waals surface area contributed by atoms with Crippen molar-refractivity contribution < 1.29 is 33.3 Å². The molecule has 1 amide bonds. The van der Waals surface area contributed by atoms with Crippen molar-refractivity contribution in [2.45, 2.75) is 50.7 Å². The maximum Gasteiger partial charge on any atom is 0.408 e. The van der Waals surface area contributed by atoms with E-state index in [4.69, 9.17) is 23.7 Å². The third kappa shape index (κ3) is 7.58. The minimum Gasteiger partial charge on any atom is -0.487 e. The number of hydrogen-bond acceptors (Lipinski definition) is 9. The normalized spacial score (nSPS) is 22.0. The number of amides is 1. The average molecular weight is 605 g/mol.